The van der Waals surface area contributed by atoms with E-state index in [1.807, 2.05) is 42.5 Å². The number of nitrogens with zero attached hydrogens (tertiary/aromatic N) is 2. The van der Waals surface area contributed by atoms with Gasteiger partial charge in [-0.2, -0.15) is 0 Å². The van der Waals surface area contributed by atoms with E-state index in [0.717, 1.165) is 11.1 Å². The van der Waals surface area contributed by atoms with Crippen LogP contribution >= 0.6 is 24.0 Å². The van der Waals surface area contributed by atoms with Gasteiger partial charge >= 0.3 is 0 Å². The summed E-state index contributed by atoms with van der Waals surface area (Å²) in [6.45, 7) is 1.21. The Morgan fingerprint density at radius 3 is 2.60 bits per heavy atom. The van der Waals surface area contributed by atoms with E-state index in [4.69, 9.17) is 4.74 Å². The minimum atomic E-state index is 0. The number of hydrogen-bond acceptors (Lipinski definition) is 4. The highest BCUT2D eigenvalue weighted by Gasteiger charge is 2.11. The van der Waals surface area contributed by atoms with Gasteiger partial charge in [-0.05, 0) is 11.6 Å². The first-order chi connectivity index (χ1) is 11.8. The molecule has 1 aromatic heterocycles. The highest BCUT2D eigenvalue weighted by Crippen LogP contribution is 2.14. The van der Waals surface area contributed by atoms with Gasteiger partial charge in [-0.15, -0.1) is 24.0 Å². The number of benzene rings is 1. The van der Waals surface area contributed by atoms with Gasteiger partial charge in [0.05, 0.1) is 13.7 Å². The molecule has 0 saturated carbocycles. The summed E-state index contributed by atoms with van der Waals surface area (Å²) < 4.78 is 5.24. The normalized spacial score (nSPS) is 12.0. The van der Waals surface area contributed by atoms with Gasteiger partial charge in [0.25, 0.3) is 0 Å². The van der Waals surface area contributed by atoms with Gasteiger partial charge in [-0.1, -0.05) is 36.4 Å². The Labute approximate surface area is 165 Å². The molecule has 136 valence electrons. The Hall–Kier alpha value is -1.87. The Morgan fingerprint density at radius 2 is 1.96 bits per heavy atom. The zero-order valence-corrected chi connectivity index (χ0v) is 16.8. The quantitative estimate of drug-likeness (QED) is 0.338. The SMILES string of the molecule is CN=C(NCc1cccnc1OC)NCC(CO)c1ccccc1.I. The van der Waals surface area contributed by atoms with E-state index in [1.165, 1.54) is 0 Å². The van der Waals surface area contributed by atoms with Crippen LogP contribution in [0.4, 0.5) is 0 Å². The molecule has 1 atom stereocenters. The van der Waals surface area contributed by atoms with E-state index in [9.17, 15) is 5.11 Å². The van der Waals surface area contributed by atoms with Crippen LogP contribution in [0.15, 0.2) is 53.7 Å². The fourth-order valence-electron chi connectivity index (χ4n) is 2.37. The van der Waals surface area contributed by atoms with Crippen molar-refractivity contribution < 1.29 is 9.84 Å². The van der Waals surface area contributed by atoms with Crippen LogP contribution in [0, 0.1) is 0 Å². The first kappa shape index (κ1) is 21.2. The van der Waals surface area contributed by atoms with Gasteiger partial charge in [0.1, 0.15) is 0 Å². The van der Waals surface area contributed by atoms with Crippen LogP contribution in [0.5, 0.6) is 5.88 Å². The Balaban J connectivity index is 0.00000312. The number of halogens is 1. The van der Waals surface area contributed by atoms with E-state index in [1.54, 1.807) is 20.4 Å². The zero-order valence-electron chi connectivity index (χ0n) is 14.5. The number of aliphatic hydroxyl groups excluding tert-OH is 1. The van der Waals surface area contributed by atoms with E-state index in [2.05, 4.69) is 20.6 Å². The molecule has 7 heteroatoms. The van der Waals surface area contributed by atoms with E-state index < -0.39 is 0 Å². The Morgan fingerprint density at radius 1 is 1.20 bits per heavy atom. The van der Waals surface area contributed by atoms with Crippen molar-refractivity contribution in [3.05, 3.63) is 59.8 Å². The molecule has 0 aliphatic carbocycles. The van der Waals surface area contributed by atoms with Crippen molar-refractivity contribution in [2.24, 2.45) is 4.99 Å². The lowest BCUT2D eigenvalue weighted by Gasteiger charge is -2.18. The molecule has 0 saturated heterocycles. The molecule has 0 spiro atoms. The van der Waals surface area contributed by atoms with Crippen molar-refractivity contribution in [2.45, 2.75) is 12.5 Å². The van der Waals surface area contributed by atoms with E-state index >= 15 is 0 Å². The second-order valence-electron chi connectivity index (χ2n) is 5.27. The number of rotatable bonds is 7. The molecule has 0 aliphatic heterocycles. The van der Waals surface area contributed by atoms with Gasteiger partial charge in [0, 0.05) is 37.8 Å². The van der Waals surface area contributed by atoms with Crippen molar-refractivity contribution in [3.8, 4) is 5.88 Å². The Kier molecular flexibility index (Phi) is 9.86. The average molecular weight is 456 g/mol. The third-order valence-electron chi connectivity index (χ3n) is 3.72. The van der Waals surface area contributed by atoms with Crippen LogP contribution in [0.2, 0.25) is 0 Å². The summed E-state index contributed by atoms with van der Waals surface area (Å²) in [4.78, 5) is 8.38. The minimum absolute atomic E-state index is 0. The molecule has 1 aromatic carbocycles. The number of aliphatic imine (C=N–C) groups is 1. The fraction of sp³-hybridized carbons (Fsp3) is 0.333. The van der Waals surface area contributed by atoms with Crippen LogP contribution in [-0.2, 0) is 6.54 Å². The number of hydrogen-bond donors (Lipinski definition) is 3. The molecule has 1 heterocycles. The van der Waals surface area contributed by atoms with Crippen LogP contribution in [0.1, 0.15) is 17.0 Å². The molecule has 3 N–H and O–H groups in total. The third kappa shape index (κ3) is 6.50. The zero-order chi connectivity index (χ0) is 17.2. The van der Waals surface area contributed by atoms with Gasteiger partial charge in [-0.25, -0.2) is 4.98 Å². The van der Waals surface area contributed by atoms with E-state index in [-0.39, 0.29) is 36.5 Å². The molecule has 0 fully saturated rings. The summed E-state index contributed by atoms with van der Waals surface area (Å²) in [6.07, 6.45) is 1.70. The monoisotopic (exact) mass is 456 g/mol. The summed E-state index contributed by atoms with van der Waals surface area (Å²) in [7, 11) is 3.32. The molecule has 2 rings (SSSR count). The third-order valence-corrected chi connectivity index (χ3v) is 3.72. The van der Waals surface area contributed by atoms with Gasteiger partial charge in [-0.3, -0.25) is 4.99 Å². The number of aliphatic hydroxyl groups is 1. The molecule has 0 radical (unpaired) electrons. The first-order valence-corrected chi connectivity index (χ1v) is 7.86. The van der Waals surface area contributed by atoms with Crippen molar-refractivity contribution in [3.63, 3.8) is 0 Å². The topological polar surface area (TPSA) is 78.8 Å². The number of ether oxygens (including phenoxy) is 1. The standard InChI is InChI=1S/C18H24N4O2.HI/c1-19-18(21-11-15-9-6-10-20-17(15)24-2)22-12-16(13-23)14-7-4-3-5-8-14;/h3-10,16,23H,11-13H2,1-2H3,(H2,19,21,22);1H. The summed E-state index contributed by atoms with van der Waals surface area (Å²) >= 11 is 0. The van der Waals surface area contributed by atoms with Crippen LogP contribution in [-0.4, -0.2) is 43.4 Å². The lowest BCUT2D eigenvalue weighted by Crippen LogP contribution is -2.39. The van der Waals surface area contributed by atoms with Crippen LogP contribution in [0.25, 0.3) is 0 Å². The number of methoxy groups -OCH3 is 1. The predicted octanol–water partition coefficient (Wildman–Crippen LogP) is 2.15. The first-order valence-electron chi connectivity index (χ1n) is 7.86. The second kappa shape index (κ2) is 11.6. The highest BCUT2D eigenvalue weighted by atomic mass is 127. The summed E-state index contributed by atoms with van der Waals surface area (Å²) in [5.74, 6) is 1.27. The molecule has 25 heavy (non-hydrogen) atoms. The summed E-state index contributed by atoms with van der Waals surface area (Å²) in [5, 5.41) is 16.1. The van der Waals surface area contributed by atoms with Crippen molar-refractivity contribution in [2.75, 3.05) is 27.3 Å². The predicted molar refractivity (Wildman–Crippen MR) is 111 cm³/mol. The van der Waals surface area contributed by atoms with Crippen LogP contribution in [0.3, 0.4) is 0 Å². The molecule has 0 aliphatic rings. The van der Waals surface area contributed by atoms with Crippen molar-refractivity contribution in [1.29, 1.82) is 0 Å². The summed E-state index contributed by atoms with van der Waals surface area (Å²) in [6, 6.07) is 13.8. The maximum Gasteiger partial charge on any atom is 0.218 e. The Bertz CT molecular complexity index is 653. The molecule has 6 nitrogen and oxygen atoms in total. The summed E-state index contributed by atoms with van der Waals surface area (Å²) in [5.41, 5.74) is 2.04. The molecule has 1 unspecified atom stereocenters. The smallest absolute Gasteiger partial charge is 0.218 e. The van der Waals surface area contributed by atoms with Gasteiger partial charge < -0.3 is 20.5 Å². The minimum Gasteiger partial charge on any atom is -0.481 e. The lowest BCUT2D eigenvalue weighted by molar-refractivity contribution is 0.265. The van der Waals surface area contributed by atoms with Crippen molar-refractivity contribution >= 4 is 29.9 Å². The average Bonchev–Trinajstić information content (AvgIpc) is 2.65. The molecule has 0 amide bonds. The largest absolute Gasteiger partial charge is 0.481 e. The fourth-order valence-corrected chi connectivity index (χ4v) is 2.37. The molecular weight excluding hydrogens is 431 g/mol. The van der Waals surface area contributed by atoms with Gasteiger partial charge in [0.2, 0.25) is 5.88 Å². The number of pyridine rings is 1. The van der Waals surface area contributed by atoms with Crippen LogP contribution < -0.4 is 15.4 Å². The second-order valence-corrected chi connectivity index (χ2v) is 5.27. The maximum absolute atomic E-state index is 9.62. The molecular formula is C18H25IN4O2. The molecule has 2 aromatic rings. The lowest BCUT2D eigenvalue weighted by atomic mass is 10.0. The maximum atomic E-state index is 9.62. The molecule has 0 bridgehead atoms. The number of guanidine groups is 1. The number of aromatic nitrogens is 1. The van der Waals surface area contributed by atoms with E-state index in [0.29, 0.717) is 24.9 Å². The highest BCUT2D eigenvalue weighted by molar-refractivity contribution is 14.0. The number of nitrogens with one attached hydrogen (secondary N) is 2. The van der Waals surface area contributed by atoms with Gasteiger partial charge in [0.15, 0.2) is 5.96 Å². The van der Waals surface area contributed by atoms with Crippen molar-refractivity contribution in [1.82, 2.24) is 15.6 Å².